The summed E-state index contributed by atoms with van der Waals surface area (Å²) in [5, 5.41) is 10.3. The van der Waals surface area contributed by atoms with E-state index in [2.05, 4.69) is 13.8 Å². The summed E-state index contributed by atoms with van der Waals surface area (Å²) >= 11 is 0. The molecule has 0 spiro atoms. The topological polar surface area (TPSA) is 37.3 Å². The van der Waals surface area contributed by atoms with Crippen LogP contribution in [0.4, 0.5) is 0 Å². The molecule has 17 heavy (non-hydrogen) atoms. The zero-order valence-corrected chi connectivity index (χ0v) is 11.5. The highest BCUT2D eigenvalue weighted by atomic mass is 32.2. The minimum absolute atomic E-state index is 0.00806. The molecule has 2 nitrogen and oxygen atoms in total. The van der Waals surface area contributed by atoms with E-state index in [-0.39, 0.29) is 5.25 Å². The van der Waals surface area contributed by atoms with Crippen molar-refractivity contribution in [3.05, 3.63) is 29.3 Å². The van der Waals surface area contributed by atoms with Crippen molar-refractivity contribution in [2.45, 2.75) is 37.9 Å². The fraction of sp³-hybridized carbons (Fsp3) is 0.571. The Balaban J connectivity index is 2.43. The Morgan fingerprint density at radius 3 is 2.35 bits per heavy atom. The van der Waals surface area contributed by atoms with Crippen molar-refractivity contribution in [3.63, 3.8) is 0 Å². The normalized spacial score (nSPS) is 19.3. The standard InChI is InChI=1S/C14H20O2S/c1-9(2)11-5-4-6-12(13(11)15)14(17(3)16)10-7-8-10/h4-6,9-10,14-15H,7-8H2,1-3H3. The second-order valence-corrected chi connectivity index (χ2v) is 6.70. The molecule has 1 aromatic carbocycles. The van der Waals surface area contributed by atoms with Crippen LogP contribution in [0.3, 0.4) is 0 Å². The maximum atomic E-state index is 11.9. The second-order valence-electron chi connectivity index (χ2n) is 5.20. The summed E-state index contributed by atoms with van der Waals surface area (Å²) in [6.07, 6.45) is 4.01. The predicted octanol–water partition coefficient (Wildman–Crippen LogP) is 3.35. The van der Waals surface area contributed by atoms with Crippen LogP contribution in [0.15, 0.2) is 18.2 Å². The lowest BCUT2D eigenvalue weighted by Crippen LogP contribution is -2.08. The molecule has 0 aliphatic heterocycles. The van der Waals surface area contributed by atoms with Gasteiger partial charge in [-0.05, 0) is 30.2 Å². The van der Waals surface area contributed by atoms with Gasteiger partial charge in [0.05, 0.1) is 5.25 Å². The Morgan fingerprint density at radius 2 is 1.88 bits per heavy atom. The van der Waals surface area contributed by atoms with Crippen LogP contribution in [0.2, 0.25) is 0 Å². The number of hydrogen-bond donors (Lipinski definition) is 1. The van der Waals surface area contributed by atoms with Gasteiger partial charge in [-0.25, -0.2) is 0 Å². The average molecular weight is 252 g/mol. The minimum atomic E-state index is -0.914. The zero-order valence-electron chi connectivity index (χ0n) is 10.6. The maximum Gasteiger partial charge on any atom is 0.123 e. The predicted molar refractivity (Wildman–Crippen MR) is 71.7 cm³/mol. The first-order valence-corrected chi connectivity index (χ1v) is 7.78. The highest BCUT2D eigenvalue weighted by Crippen LogP contribution is 2.47. The number of para-hydroxylation sites is 1. The molecule has 1 N–H and O–H groups in total. The number of aromatic hydroxyl groups is 1. The van der Waals surface area contributed by atoms with Gasteiger partial charge in [0.1, 0.15) is 5.75 Å². The van der Waals surface area contributed by atoms with Gasteiger partial charge < -0.3 is 5.11 Å². The number of hydrogen-bond acceptors (Lipinski definition) is 2. The summed E-state index contributed by atoms with van der Waals surface area (Å²) in [7, 11) is -0.914. The van der Waals surface area contributed by atoms with Crippen LogP contribution in [-0.2, 0) is 10.8 Å². The molecule has 94 valence electrons. The third kappa shape index (κ3) is 2.54. The van der Waals surface area contributed by atoms with E-state index in [1.807, 2.05) is 18.2 Å². The summed E-state index contributed by atoms with van der Waals surface area (Å²) in [5.41, 5.74) is 1.83. The highest BCUT2D eigenvalue weighted by molar-refractivity contribution is 7.84. The van der Waals surface area contributed by atoms with E-state index in [1.165, 1.54) is 0 Å². The zero-order chi connectivity index (χ0) is 12.6. The van der Waals surface area contributed by atoms with Gasteiger partial charge in [-0.2, -0.15) is 0 Å². The maximum absolute atomic E-state index is 11.9. The van der Waals surface area contributed by atoms with Crippen LogP contribution in [0.5, 0.6) is 5.75 Å². The van der Waals surface area contributed by atoms with Gasteiger partial charge in [-0.3, -0.25) is 4.21 Å². The lowest BCUT2D eigenvalue weighted by atomic mass is 9.96. The van der Waals surface area contributed by atoms with E-state index in [0.29, 0.717) is 17.6 Å². The average Bonchev–Trinajstić information content (AvgIpc) is 3.04. The Bertz CT molecular complexity index is 436. The van der Waals surface area contributed by atoms with Gasteiger partial charge in [-0.1, -0.05) is 32.0 Å². The van der Waals surface area contributed by atoms with Crippen LogP contribution >= 0.6 is 0 Å². The molecule has 1 saturated carbocycles. The highest BCUT2D eigenvalue weighted by Gasteiger charge is 2.36. The third-order valence-electron chi connectivity index (χ3n) is 3.43. The molecule has 1 aliphatic carbocycles. The molecule has 0 aromatic heterocycles. The summed E-state index contributed by atoms with van der Waals surface area (Å²) in [5.74, 6) is 1.14. The number of phenolic OH excluding ortho intramolecular Hbond substituents is 1. The summed E-state index contributed by atoms with van der Waals surface area (Å²) in [6, 6.07) is 5.84. The molecule has 1 aromatic rings. The molecule has 2 atom stereocenters. The second kappa shape index (κ2) is 4.81. The SMILES string of the molecule is CC(C)c1cccc(C(C2CC2)S(C)=O)c1O. The largest absolute Gasteiger partial charge is 0.507 e. The van der Waals surface area contributed by atoms with Crippen LogP contribution in [0, 0.1) is 5.92 Å². The Kier molecular flexibility index (Phi) is 3.57. The smallest absolute Gasteiger partial charge is 0.123 e. The first kappa shape index (κ1) is 12.6. The number of rotatable bonds is 4. The Hall–Kier alpha value is -0.830. The van der Waals surface area contributed by atoms with Gasteiger partial charge in [-0.15, -0.1) is 0 Å². The van der Waals surface area contributed by atoms with Gasteiger partial charge in [0.2, 0.25) is 0 Å². The van der Waals surface area contributed by atoms with Crippen molar-refractivity contribution in [1.29, 1.82) is 0 Å². The molecule has 1 aliphatic rings. The summed E-state index contributed by atoms with van der Waals surface area (Å²) in [4.78, 5) is 0. The quantitative estimate of drug-likeness (QED) is 0.892. The molecule has 2 rings (SSSR count). The van der Waals surface area contributed by atoms with E-state index >= 15 is 0 Å². The summed E-state index contributed by atoms with van der Waals surface area (Å²) in [6.45, 7) is 4.13. The minimum Gasteiger partial charge on any atom is -0.507 e. The monoisotopic (exact) mass is 252 g/mol. The van der Waals surface area contributed by atoms with E-state index in [0.717, 1.165) is 24.0 Å². The lowest BCUT2D eigenvalue weighted by Gasteiger charge is -2.18. The summed E-state index contributed by atoms with van der Waals surface area (Å²) < 4.78 is 11.9. The van der Waals surface area contributed by atoms with E-state index < -0.39 is 10.8 Å². The molecule has 3 heteroatoms. The third-order valence-corrected chi connectivity index (χ3v) is 4.79. The Labute approximate surface area is 106 Å². The van der Waals surface area contributed by atoms with Gasteiger partial charge in [0, 0.05) is 22.6 Å². The van der Waals surface area contributed by atoms with E-state index in [1.54, 1.807) is 6.26 Å². The van der Waals surface area contributed by atoms with Crippen LogP contribution < -0.4 is 0 Å². The first-order chi connectivity index (χ1) is 8.02. The van der Waals surface area contributed by atoms with Crippen molar-refractivity contribution < 1.29 is 9.32 Å². The molecular weight excluding hydrogens is 232 g/mol. The van der Waals surface area contributed by atoms with Crippen molar-refractivity contribution >= 4 is 10.8 Å². The molecule has 1 fully saturated rings. The van der Waals surface area contributed by atoms with Crippen LogP contribution in [-0.4, -0.2) is 15.6 Å². The van der Waals surface area contributed by atoms with Crippen LogP contribution in [0.25, 0.3) is 0 Å². The lowest BCUT2D eigenvalue weighted by molar-refractivity contribution is 0.454. The molecule has 0 bridgehead atoms. The molecular formula is C14H20O2S. The molecule has 0 saturated heterocycles. The van der Waals surface area contributed by atoms with Crippen molar-refractivity contribution in [3.8, 4) is 5.75 Å². The molecule has 2 unspecified atom stereocenters. The molecule has 0 amide bonds. The Morgan fingerprint density at radius 1 is 1.29 bits per heavy atom. The fourth-order valence-corrected chi connectivity index (χ4v) is 3.74. The van der Waals surface area contributed by atoms with Gasteiger partial charge in [0.15, 0.2) is 0 Å². The van der Waals surface area contributed by atoms with E-state index in [4.69, 9.17) is 0 Å². The fourth-order valence-electron chi connectivity index (χ4n) is 2.38. The van der Waals surface area contributed by atoms with Crippen molar-refractivity contribution in [1.82, 2.24) is 0 Å². The van der Waals surface area contributed by atoms with Crippen LogP contribution in [0.1, 0.15) is 49.0 Å². The number of benzene rings is 1. The molecule has 0 radical (unpaired) electrons. The number of phenols is 1. The van der Waals surface area contributed by atoms with E-state index in [9.17, 15) is 9.32 Å². The van der Waals surface area contributed by atoms with Gasteiger partial charge >= 0.3 is 0 Å². The van der Waals surface area contributed by atoms with Crippen molar-refractivity contribution in [2.24, 2.45) is 5.92 Å². The molecule has 0 heterocycles. The van der Waals surface area contributed by atoms with Gasteiger partial charge in [0.25, 0.3) is 0 Å². The first-order valence-electron chi connectivity index (χ1n) is 6.16. The van der Waals surface area contributed by atoms with Crippen molar-refractivity contribution in [2.75, 3.05) is 6.26 Å².